The fourth-order valence-electron chi connectivity index (χ4n) is 6.07. The number of benzene rings is 3. The van der Waals surface area contributed by atoms with E-state index in [1.165, 1.54) is 0 Å². The third kappa shape index (κ3) is 5.91. The number of anilines is 2. The molecule has 3 aromatic carbocycles. The van der Waals surface area contributed by atoms with Crippen LogP contribution in [0.5, 0.6) is 5.75 Å². The average Bonchev–Trinajstić information content (AvgIpc) is 3.46. The molecular weight excluding hydrogens is 546 g/mol. The Balaban J connectivity index is 1.39. The lowest BCUT2D eigenvalue weighted by atomic mass is 9.82. The van der Waals surface area contributed by atoms with Crippen LogP contribution in [0.25, 0.3) is 0 Å². The van der Waals surface area contributed by atoms with Crippen LogP contribution in [0.3, 0.4) is 0 Å². The van der Waals surface area contributed by atoms with E-state index in [-0.39, 0.29) is 43.2 Å². The third-order valence-electron chi connectivity index (χ3n) is 8.18. The number of nitrogens with zero attached hydrogens (tertiary/aromatic N) is 2. The fourth-order valence-corrected chi connectivity index (χ4v) is 6.07. The first-order chi connectivity index (χ1) is 20.8. The number of aliphatic hydroxyl groups excluding tert-OH is 1. The number of hydrogen-bond acceptors (Lipinski definition) is 6. The van der Waals surface area contributed by atoms with Crippen LogP contribution in [0.2, 0.25) is 0 Å². The second-order valence-electron chi connectivity index (χ2n) is 11.0. The minimum Gasteiger partial charge on any atom is -0.497 e. The molecule has 0 bridgehead atoms. The zero-order valence-electron chi connectivity index (χ0n) is 24.5. The molecule has 1 spiro atoms. The van der Waals surface area contributed by atoms with Crippen molar-refractivity contribution in [2.75, 3.05) is 37.0 Å². The van der Waals surface area contributed by atoms with Gasteiger partial charge in [-0.3, -0.25) is 14.4 Å². The zero-order valence-corrected chi connectivity index (χ0v) is 24.5. The summed E-state index contributed by atoms with van der Waals surface area (Å²) in [6.07, 6.45) is 1.74. The van der Waals surface area contributed by atoms with E-state index in [4.69, 9.17) is 9.47 Å². The number of aliphatic hydroxyl groups is 1. The summed E-state index contributed by atoms with van der Waals surface area (Å²) in [4.78, 5) is 43.7. The van der Waals surface area contributed by atoms with Crippen molar-refractivity contribution in [1.82, 2.24) is 4.90 Å². The molecule has 9 nitrogen and oxygen atoms in total. The summed E-state index contributed by atoms with van der Waals surface area (Å²) in [7, 11) is 1.56. The summed E-state index contributed by atoms with van der Waals surface area (Å²) in [5.74, 6) is -0.243. The van der Waals surface area contributed by atoms with Gasteiger partial charge in [0.05, 0.1) is 31.9 Å². The Morgan fingerprint density at radius 1 is 1.16 bits per heavy atom. The first-order valence-corrected chi connectivity index (χ1v) is 14.4. The summed E-state index contributed by atoms with van der Waals surface area (Å²) >= 11 is 0. The largest absolute Gasteiger partial charge is 0.497 e. The molecule has 0 saturated carbocycles. The number of methoxy groups -OCH3 is 1. The highest BCUT2D eigenvalue weighted by Gasteiger charge is 2.60. The second kappa shape index (κ2) is 12.8. The molecule has 1 saturated heterocycles. The number of fused-ring (bicyclic) bond motifs is 2. The monoisotopic (exact) mass is 583 g/mol. The lowest BCUT2D eigenvalue weighted by molar-refractivity contribution is -0.149. The fraction of sp³-hybridized carbons (Fsp3) is 0.324. The van der Waals surface area contributed by atoms with Crippen LogP contribution in [-0.2, 0) is 26.5 Å². The van der Waals surface area contributed by atoms with Crippen LogP contribution in [0.15, 0.2) is 85.5 Å². The maximum Gasteiger partial charge on any atom is 0.264 e. The molecule has 9 heteroatoms. The number of hydrogen-bond donors (Lipinski definition) is 2. The topological polar surface area (TPSA) is 108 Å². The van der Waals surface area contributed by atoms with Gasteiger partial charge < -0.3 is 29.7 Å². The van der Waals surface area contributed by atoms with Crippen LogP contribution in [-0.4, -0.2) is 60.6 Å². The van der Waals surface area contributed by atoms with Crippen LogP contribution in [0.1, 0.15) is 41.3 Å². The first-order valence-electron chi connectivity index (χ1n) is 14.4. The van der Waals surface area contributed by atoms with E-state index in [1.54, 1.807) is 59.4 Å². The molecule has 0 radical (unpaired) electrons. The Morgan fingerprint density at radius 3 is 2.58 bits per heavy atom. The minimum atomic E-state index is -1.30. The van der Waals surface area contributed by atoms with Gasteiger partial charge in [-0.25, -0.2) is 0 Å². The molecule has 43 heavy (non-hydrogen) atoms. The Bertz CT molecular complexity index is 1490. The summed E-state index contributed by atoms with van der Waals surface area (Å²) in [6, 6.07) is 21.8. The van der Waals surface area contributed by atoms with Gasteiger partial charge in [-0.1, -0.05) is 43.3 Å². The van der Waals surface area contributed by atoms with E-state index in [0.717, 1.165) is 5.56 Å². The van der Waals surface area contributed by atoms with Crippen molar-refractivity contribution < 1.29 is 29.0 Å². The normalized spacial score (nSPS) is 20.6. The highest BCUT2D eigenvalue weighted by atomic mass is 16.5. The van der Waals surface area contributed by atoms with Gasteiger partial charge in [0.1, 0.15) is 5.75 Å². The smallest absolute Gasteiger partial charge is 0.264 e. The highest BCUT2D eigenvalue weighted by molar-refractivity contribution is 6.09. The molecule has 3 amide bonds. The number of ether oxygens (including phenoxy) is 2. The summed E-state index contributed by atoms with van der Waals surface area (Å²) in [6.45, 7) is 6.50. The molecule has 0 unspecified atom stereocenters. The van der Waals surface area contributed by atoms with Gasteiger partial charge in [0.15, 0.2) is 5.60 Å². The molecule has 2 aliphatic rings. The SMILES string of the molecule is C=CCN1C(=O)[C@]2(O[C@H](CC(=O)N(CCO)Cc3ccccc3)C[C@@H]2C)c2cc(NC(=O)c3ccc(OC)cc3)ccc21. The molecule has 224 valence electrons. The van der Waals surface area contributed by atoms with Crippen LogP contribution in [0.4, 0.5) is 11.4 Å². The summed E-state index contributed by atoms with van der Waals surface area (Å²) in [5, 5.41) is 12.6. The van der Waals surface area contributed by atoms with Crippen LogP contribution in [0, 0.1) is 5.92 Å². The number of carbonyl (C=O) groups excluding carboxylic acids is 3. The van der Waals surface area contributed by atoms with Gasteiger partial charge >= 0.3 is 0 Å². The number of amides is 3. The lowest BCUT2D eigenvalue weighted by Crippen LogP contribution is -2.44. The van der Waals surface area contributed by atoms with Gasteiger partial charge in [-0.15, -0.1) is 6.58 Å². The van der Waals surface area contributed by atoms with Crippen molar-refractivity contribution in [2.24, 2.45) is 5.92 Å². The van der Waals surface area contributed by atoms with E-state index >= 15 is 0 Å². The molecule has 2 N–H and O–H groups in total. The van der Waals surface area contributed by atoms with Gasteiger partial charge in [-0.2, -0.15) is 0 Å². The van der Waals surface area contributed by atoms with Gasteiger partial charge in [0, 0.05) is 42.4 Å². The van der Waals surface area contributed by atoms with Crippen LogP contribution < -0.4 is 15.0 Å². The van der Waals surface area contributed by atoms with Crippen molar-refractivity contribution >= 4 is 29.1 Å². The molecule has 3 atom stereocenters. The molecule has 2 aliphatic heterocycles. The van der Waals surface area contributed by atoms with Gasteiger partial charge in [0.25, 0.3) is 11.8 Å². The van der Waals surface area contributed by atoms with Crippen molar-refractivity contribution in [1.29, 1.82) is 0 Å². The van der Waals surface area contributed by atoms with E-state index in [9.17, 15) is 19.5 Å². The van der Waals surface area contributed by atoms with Crippen molar-refractivity contribution in [2.45, 2.75) is 38.0 Å². The Kier molecular flexibility index (Phi) is 8.94. The number of rotatable bonds is 11. The molecule has 0 aliphatic carbocycles. The molecular formula is C34H37N3O6. The highest BCUT2D eigenvalue weighted by Crippen LogP contribution is 2.54. The average molecular weight is 584 g/mol. The molecule has 3 aromatic rings. The van der Waals surface area contributed by atoms with Gasteiger partial charge in [0.2, 0.25) is 5.91 Å². The summed E-state index contributed by atoms with van der Waals surface area (Å²) in [5.41, 5.74) is 2.01. The van der Waals surface area contributed by atoms with Crippen molar-refractivity contribution in [3.05, 3.63) is 102 Å². The van der Waals surface area contributed by atoms with Gasteiger partial charge in [-0.05, 0) is 54.4 Å². The Hall–Kier alpha value is -4.47. The maximum atomic E-state index is 14.0. The van der Waals surface area contributed by atoms with Crippen LogP contribution >= 0.6 is 0 Å². The quantitative estimate of drug-likeness (QED) is 0.322. The van der Waals surface area contributed by atoms with Crippen molar-refractivity contribution in [3.63, 3.8) is 0 Å². The first kappa shape index (κ1) is 30.0. The number of nitrogens with one attached hydrogen (secondary N) is 1. The van der Waals surface area contributed by atoms with E-state index in [0.29, 0.717) is 47.8 Å². The molecule has 2 heterocycles. The van der Waals surface area contributed by atoms with E-state index in [1.807, 2.05) is 43.3 Å². The minimum absolute atomic E-state index is 0.0802. The standard InChI is InChI=1S/C34H37N3O6/c1-4-16-37-30-15-12-26(35-32(40)25-10-13-27(42-3)14-11-25)20-29(30)34(33(37)41)23(2)19-28(43-34)21-31(39)36(17-18-38)22-24-8-6-5-7-9-24/h4-15,20,23,28,38H,1,16-19,21-22H2,2-3H3,(H,35,40)/t23-,28-,34+/m0/s1. The predicted octanol–water partition coefficient (Wildman–Crippen LogP) is 4.51. The van der Waals surface area contributed by atoms with E-state index < -0.39 is 11.7 Å². The number of carbonyl (C=O) groups is 3. The molecule has 1 fully saturated rings. The third-order valence-corrected chi connectivity index (χ3v) is 8.18. The van der Waals surface area contributed by atoms with Crippen molar-refractivity contribution in [3.8, 4) is 5.75 Å². The maximum absolute atomic E-state index is 14.0. The second-order valence-corrected chi connectivity index (χ2v) is 11.0. The Morgan fingerprint density at radius 2 is 1.91 bits per heavy atom. The predicted molar refractivity (Wildman–Crippen MR) is 164 cm³/mol. The molecule has 5 rings (SSSR count). The molecule has 0 aromatic heterocycles. The van der Waals surface area contributed by atoms with E-state index in [2.05, 4.69) is 11.9 Å². The summed E-state index contributed by atoms with van der Waals surface area (Å²) < 4.78 is 11.8. The Labute approximate surface area is 251 Å². The zero-order chi connectivity index (χ0) is 30.6. The lowest BCUT2D eigenvalue weighted by Gasteiger charge is -2.28.